The molecular weight excluding hydrogens is 242 g/mol. The number of hydrogen-bond acceptors (Lipinski definition) is 1. The third kappa shape index (κ3) is 2.92. The van der Waals surface area contributed by atoms with Crippen LogP contribution in [0, 0.1) is 0 Å². The van der Waals surface area contributed by atoms with Crippen LogP contribution in [0.1, 0.15) is 24.5 Å². The van der Waals surface area contributed by atoms with Crippen molar-refractivity contribution in [2.45, 2.75) is 26.3 Å². The van der Waals surface area contributed by atoms with Crippen LogP contribution in [-0.2, 0) is 13.0 Å². The molecule has 0 atom stereocenters. The molecule has 94 valence electrons. The van der Waals surface area contributed by atoms with Gasteiger partial charge in [0.15, 0.2) is 0 Å². The number of halogens is 1. The molecule has 0 bridgehead atoms. The zero-order valence-electron chi connectivity index (χ0n) is 10.6. The lowest BCUT2D eigenvalue weighted by Gasteiger charge is -2.07. The molecule has 0 fully saturated rings. The van der Waals surface area contributed by atoms with Crippen molar-refractivity contribution >= 4 is 11.6 Å². The maximum Gasteiger partial charge on any atom is 0.0487 e. The molecule has 1 nitrogen and oxygen atoms in total. The lowest BCUT2D eigenvalue weighted by molar-refractivity contribution is 0.922. The second-order valence-corrected chi connectivity index (χ2v) is 4.87. The number of rotatable bonds is 4. The van der Waals surface area contributed by atoms with Crippen molar-refractivity contribution in [1.29, 1.82) is 0 Å². The standard InChI is InChI=1S/C16H18ClN/c1-2-3-12-4-7-14(8-5-12)15-9-6-13(11-18)10-16(15)17/h4-10H,2-3,11,18H2,1H3. The van der Waals surface area contributed by atoms with Gasteiger partial charge in [-0.2, -0.15) is 0 Å². The van der Waals surface area contributed by atoms with Crippen molar-refractivity contribution in [2.24, 2.45) is 5.73 Å². The molecule has 0 saturated heterocycles. The fraction of sp³-hybridized carbons (Fsp3) is 0.250. The van der Waals surface area contributed by atoms with Crippen molar-refractivity contribution in [1.82, 2.24) is 0 Å². The molecule has 0 unspecified atom stereocenters. The number of benzene rings is 2. The van der Waals surface area contributed by atoms with Crippen molar-refractivity contribution in [3.05, 3.63) is 58.6 Å². The Kier molecular flexibility index (Phi) is 4.40. The largest absolute Gasteiger partial charge is 0.326 e. The predicted octanol–water partition coefficient (Wildman–Crippen LogP) is 4.42. The van der Waals surface area contributed by atoms with Crippen LogP contribution < -0.4 is 5.73 Å². The quantitative estimate of drug-likeness (QED) is 0.864. The molecule has 0 spiro atoms. The van der Waals surface area contributed by atoms with Gasteiger partial charge in [-0.15, -0.1) is 0 Å². The minimum atomic E-state index is 0.523. The molecule has 0 amide bonds. The first-order valence-corrected chi connectivity index (χ1v) is 6.70. The summed E-state index contributed by atoms with van der Waals surface area (Å²) in [7, 11) is 0. The Balaban J connectivity index is 2.30. The highest BCUT2D eigenvalue weighted by atomic mass is 35.5. The average molecular weight is 260 g/mol. The fourth-order valence-corrected chi connectivity index (χ4v) is 2.37. The highest BCUT2D eigenvalue weighted by molar-refractivity contribution is 6.33. The summed E-state index contributed by atoms with van der Waals surface area (Å²) in [5.41, 5.74) is 10.3. The van der Waals surface area contributed by atoms with Gasteiger partial charge in [-0.3, -0.25) is 0 Å². The summed E-state index contributed by atoms with van der Waals surface area (Å²) in [6, 6.07) is 14.6. The van der Waals surface area contributed by atoms with E-state index in [0.29, 0.717) is 6.54 Å². The maximum atomic E-state index is 6.29. The third-order valence-corrected chi connectivity index (χ3v) is 3.39. The molecule has 2 aromatic carbocycles. The van der Waals surface area contributed by atoms with Crippen LogP contribution in [0.25, 0.3) is 11.1 Å². The Morgan fingerprint density at radius 2 is 1.67 bits per heavy atom. The summed E-state index contributed by atoms with van der Waals surface area (Å²) in [5.74, 6) is 0. The second-order valence-electron chi connectivity index (χ2n) is 4.47. The summed E-state index contributed by atoms with van der Waals surface area (Å²) >= 11 is 6.29. The van der Waals surface area contributed by atoms with Crippen molar-refractivity contribution in [3.63, 3.8) is 0 Å². The molecule has 0 aliphatic carbocycles. The molecule has 0 radical (unpaired) electrons. The summed E-state index contributed by atoms with van der Waals surface area (Å²) in [4.78, 5) is 0. The molecule has 0 heterocycles. The van der Waals surface area contributed by atoms with E-state index in [9.17, 15) is 0 Å². The highest BCUT2D eigenvalue weighted by Gasteiger charge is 2.04. The fourth-order valence-electron chi connectivity index (χ4n) is 2.06. The van der Waals surface area contributed by atoms with E-state index in [-0.39, 0.29) is 0 Å². The molecule has 0 aliphatic rings. The number of hydrogen-bond donors (Lipinski definition) is 1. The molecule has 2 aromatic rings. The topological polar surface area (TPSA) is 26.0 Å². The van der Waals surface area contributed by atoms with Gasteiger partial charge >= 0.3 is 0 Å². The molecule has 0 aromatic heterocycles. The van der Waals surface area contributed by atoms with Crippen LogP contribution >= 0.6 is 11.6 Å². The van der Waals surface area contributed by atoms with Gasteiger partial charge in [-0.25, -0.2) is 0 Å². The summed E-state index contributed by atoms with van der Waals surface area (Å²) < 4.78 is 0. The van der Waals surface area contributed by atoms with Gasteiger partial charge in [-0.1, -0.05) is 61.3 Å². The normalized spacial score (nSPS) is 10.6. The first-order chi connectivity index (χ1) is 8.74. The van der Waals surface area contributed by atoms with Crippen LogP contribution in [0.5, 0.6) is 0 Å². The first-order valence-electron chi connectivity index (χ1n) is 6.32. The lowest BCUT2D eigenvalue weighted by Crippen LogP contribution is -1.96. The molecule has 2 heteroatoms. The van der Waals surface area contributed by atoms with E-state index in [0.717, 1.165) is 28.1 Å². The van der Waals surface area contributed by atoms with E-state index in [1.807, 2.05) is 18.2 Å². The lowest BCUT2D eigenvalue weighted by atomic mass is 10.0. The van der Waals surface area contributed by atoms with Crippen LogP contribution in [0.4, 0.5) is 0 Å². The summed E-state index contributed by atoms with van der Waals surface area (Å²) in [6.45, 7) is 2.71. The minimum absolute atomic E-state index is 0.523. The van der Waals surface area contributed by atoms with E-state index in [4.69, 9.17) is 17.3 Å². The minimum Gasteiger partial charge on any atom is -0.326 e. The summed E-state index contributed by atoms with van der Waals surface area (Å²) in [5, 5.41) is 0.765. The van der Waals surface area contributed by atoms with Gasteiger partial charge in [-0.05, 0) is 29.2 Å². The molecule has 2 N–H and O–H groups in total. The van der Waals surface area contributed by atoms with Crippen LogP contribution in [0.15, 0.2) is 42.5 Å². The Morgan fingerprint density at radius 3 is 2.22 bits per heavy atom. The average Bonchev–Trinajstić information content (AvgIpc) is 2.40. The Morgan fingerprint density at radius 1 is 1.00 bits per heavy atom. The molecule has 0 saturated carbocycles. The summed E-state index contributed by atoms with van der Waals surface area (Å²) in [6.07, 6.45) is 2.30. The van der Waals surface area contributed by atoms with Gasteiger partial charge in [0.05, 0.1) is 0 Å². The van der Waals surface area contributed by atoms with E-state index in [1.54, 1.807) is 0 Å². The van der Waals surface area contributed by atoms with Gasteiger partial charge < -0.3 is 5.73 Å². The highest BCUT2D eigenvalue weighted by Crippen LogP contribution is 2.29. The van der Waals surface area contributed by atoms with Crippen LogP contribution in [0.3, 0.4) is 0 Å². The number of nitrogens with two attached hydrogens (primary N) is 1. The third-order valence-electron chi connectivity index (χ3n) is 3.07. The van der Waals surface area contributed by atoms with Crippen molar-refractivity contribution in [2.75, 3.05) is 0 Å². The Labute approximate surface area is 114 Å². The van der Waals surface area contributed by atoms with E-state index in [1.165, 1.54) is 12.0 Å². The zero-order valence-corrected chi connectivity index (χ0v) is 11.4. The molecule has 18 heavy (non-hydrogen) atoms. The molecule has 0 aliphatic heterocycles. The Hall–Kier alpha value is -1.31. The van der Waals surface area contributed by atoms with Crippen LogP contribution in [0.2, 0.25) is 5.02 Å². The second kappa shape index (κ2) is 6.03. The van der Waals surface area contributed by atoms with Crippen molar-refractivity contribution < 1.29 is 0 Å². The van der Waals surface area contributed by atoms with Crippen LogP contribution in [-0.4, -0.2) is 0 Å². The monoisotopic (exact) mass is 259 g/mol. The maximum absolute atomic E-state index is 6.29. The molecule has 2 rings (SSSR count). The number of aryl methyl sites for hydroxylation is 1. The van der Waals surface area contributed by atoms with Gasteiger partial charge in [0, 0.05) is 17.1 Å². The SMILES string of the molecule is CCCc1ccc(-c2ccc(CN)cc2Cl)cc1. The predicted molar refractivity (Wildman–Crippen MR) is 78.8 cm³/mol. The van der Waals surface area contributed by atoms with Gasteiger partial charge in [0.1, 0.15) is 0 Å². The first kappa shape index (κ1) is 13.1. The van der Waals surface area contributed by atoms with E-state index < -0.39 is 0 Å². The smallest absolute Gasteiger partial charge is 0.0487 e. The van der Waals surface area contributed by atoms with Gasteiger partial charge in [0.2, 0.25) is 0 Å². The zero-order chi connectivity index (χ0) is 13.0. The van der Waals surface area contributed by atoms with Crippen molar-refractivity contribution in [3.8, 4) is 11.1 Å². The molecular formula is C16H18ClN. The van der Waals surface area contributed by atoms with E-state index >= 15 is 0 Å². The Bertz CT molecular complexity index is 517. The van der Waals surface area contributed by atoms with Gasteiger partial charge in [0.25, 0.3) is 0 Å². The van der Waals surface area contributed by atoms with E-state index in [2.05, 4.69) is 31.2 Å².